The van der Waals surface area contributed by atoms with Gasteiger partial charge < -0.3 is 10.6 Å². The molecule has 0 amide bonds. The van der Waals surface area contributed by atoms with Crippen molar-refractivity contribution in [1.82, 2.24) is 4.98 Å². The van der Waals surface area contributed by atoms with Crippen molar-refractivity contribution in [1.29, 1.82) is 0 Å². The van der Waals surface area contributed by atoms with E-state index in [2.05, 4.69) is 28.9 Å². The van der Waals surface area contributed by atoms with E-state index in [0.717, 1.165) is 30.1 Å². The Balaban J connectivity index is 2.09. The molecule has 1 aromatic carbocycles. The largest absolute Gasteiger partial charge is 0.398 e. The third-order valence-electron chi connectivity index (χ3n) is 3.83. The predicted octanol–water partition coefficient (Wildman–Crippen LogP) is 3.05. The average molecular weight is 241 g/mol. The molecule has 1 unspecified atom stereocenters. The normalized spacial score (nSPS) is 20.3. The number of hydrogen-bond acceptors (Lipinski definition) is 3. The first-order chi connectivity index (χ1) is 8.75. The maximum absolute atomic E-state index is 6.02. The van der Waals surface area contributed by atoms with Crippen molar-refractivity contribution < 1.29 is 0 Å². The number of benzene rings is 1. The van der Waals surface area contributed by atoms with Gasteiger partial charge in [-0.05, 0) is 37.0 Å². The Morgan fingerprint density at radius 3 is 3.00 bits per heavy atom. The summed E-state index contributed by atoms with van der Waals surface area (Å²) < 4.78 is 0. The van der Waals surface area contributed by atoms with Crippen molar-refractivity contribution in [3.63, 3.8) is 0 Å². The highest BCUT2D eigenvalue weighted by atomic mass is 15.1. The van der Waals surface area contributed by atoms with Crippen LogP contribution in [0.15, 0.2) is 30.6 Å². The highest BCUT2D eigenvalue weighted by Gasteiger charge is 2.18. The molecule has 1 aliphatic heterocycles. The van der Waals surface area contributed by atoms with Crippen LogP contribution in [0, 0.1) is 5.92 Å². The lowest BCUT2D eigenvalue weighted by molar-refractivity contribution is 0.447. The fourth-order valence-electron chi connectivity index (χ4n) is 2.88. The number of nitrogens with two attached hydrogens (primary N) is 1. The Morgan fingerprint density at radius 1 is 1.28 bits per heavy atom. The topological polar surface area (TPSA) is 42.1 Å². The number of hydrogen-bond donors (Lipinski definition) is 1. The standard InChI is InChI=1S/C15H19N3/c1-11-3-2-8-18(10-11)15-5-4-14(16)13-9-17-7-6-12(13)15/h4-7,9,11H,2-3,8,10,16H2,1H3. The zero-order chi connectivity index (χ0) is 12.5. The van der Waals surface area contributed by atoms with Crippen LogP contribution in [-0.2, 0) is 0 Å². The first kappa shape index (κ1) is 11.3. The zero-order valence-electron chi connectivity index (χ0n) is 10.8. The third-order valence-corrected chi connectivity index (χ3v) is 3.83. The second-order valence-electron chi connectivity index (χ2n) is 5.29. The van der Waals surface area contributed by atoms with Gasteiger partial charge in [0.05, 0.1) is 0 Å². The van der Waals surface area contributed by atoms with Crippen LogP contribution in [0.5, 0.6) is 0 Å². The maximum atomic E-state index is 6.02. The van der Waals surface area contributed by atoms with Crippen LogP contribution in [0.4, 0.5) is 11.4 Å². The fraction of sp³-hybridized carbons (Fsp3) is 0.400. The molecule has 18 heavy (non-hydrogen) atoms. The molecule has 94 valence electrons. The van der Waals surface area contributed by atoms with E-state index in [1.54, 1.807) is 0 Å². The van der Waals surface area contributed by atoms with Gasteiger partial charge in [-0.3, -0.25) is 4.98 Å². The van der Waals surface area contributed by atoms with Gasteiger partial charge >= 0.3 is 0 Å². The van der Waals surface area contributed by atoms with Gasteiger partial charge in [0.25, 0.3) is 0 Å². The van der Waals surface area contributed by atoms with E-state index in [-0.39, 0.29) is 0 Å². The quantitative estimate of drug-likeness (QED) is 0.780. The summed E-state index contributed by atoms with van der Waals surface area (Å²) in [5, 5.41) is 2.28. The van der Waals surface area contributed by atoms with E-state index >= 15 is 0 Å². The lowest BCUT2D eigenvalue weighted by Crippen LogP contribution is -2.34. The molecule has 2 N–H and O–H groups in total. The van der Waals surface area contributed by atoms with Crippen LogP contribution in [0.2, 0.25) is 0 Å². The van der Waals surface area contributed by atoms with E-state index in [9.17, 15) is 0 Å². The smallest absolute Gasteiger partial charge is 0.0448 e. The predicted molar refractivity (Wildman–Crippen MR) is 76.8 cm³/mol. The molecule has 0 spiro atoms. The molecule has 3 nitrogen and oxygen atoms in total. The number of nitrogens with zero attached hydrogens (tertiary/aromatic N) is 2. The summed E-state index contributed by atoms with van der Waals surface area (Å²) in [6.45, 7) is 4.61. The molecule has 3 rings (SSSR count). The molecule has 1 fully saturated rings. The highest BCUT2D eigenvalue weighted by molar-refractivity contribution is 6.00. The fourth-order valence-corrected chi connectivity index (χ4v) is 2.88. The first-order valence-corrected chi connectivity index (χ1v) is 6.63. The van der Waals surface area contributed by atoms with Crippen LogP contribution >= 0.6 is 0 Å². The number of aromatic nitrogens is 1. The number of piperidine rings is 1. The van der Waals surface area contributed by atoms with Crippen LogP contribution in [0.3, 0.4) is 0 Å². The molecular weight excluding hydrogens is 222 g/mol. The molecule has 0 aliphatic carbocycles. The Labute approximate surface area is 108 Å². The second-order valence-corrected chi connectivity index (χ2v) is 5.29. The van der Waals surface area contributed by atoms with Gasteiger partial charge in [0.1, 0.15) is 0 Å². The first-order valence-electron chi connectivity index (χ1n) is 6.63. The summed E-state index contributed by atoms with van der Waals surface area (Å²) in [6, 6.07) is 6.22. The summed E-state index contributed by atoms with van der Waals surface area (Å²) in [6.07, 6.45) is 6.32. The van der Waals surface area contributed by atoms with E-state index < -0.39 is 0 Å². The molecule has 1 saturated heterocycles. The molecule has 0 radical (unpaired) electrons. The molecule has 1 aromatic heterocycles. The van der Waals surface area contributed by atoms with Crippen molar-refractivity contribution in [2.24, 2.45) is 5.92 Å². The Morgan fingerprint density at radius 2 is 2.17 bits per heavy atom. The number of nitrogen functional groups attached to an aromatic ring is 1. The molecule has 1 aliphatic rings. The maximum Gasteiger partial charge on any atom is 0.0448 e. The SMILES string of the molecule is CC1CCCN(c2ccc(N)c3cnccc23)C1. The molecule has 0 bridgehead atoms. The van der Waals surface area contributed by atoms with E-state index in [1.165, 1.54) is 23.9 Å². The minimum Gasteiger partial charge on any atom is -0.398 e. The molecule has 2 heterocycles. The van der Waals surface area contributed by atoms with Crippen LogP contribution < -0.4 is 10.6 Å². The molecule has 0 saturated carbocycles. The van der Waals surface area contributed by atoms with Crippen LogP contribution in [0.1, 0.15) is 19.8 Å². The highest BCUT2D eigenvalue weighted by Crippen LogP contribution is 2.32. The molecule has 2 aromatic rings. The number of anilines is 2. The molecule has 1 atom stereocenters. The average Bonchev–Trinajstić information content (AvgIpc) is 2.39. The van der Waals surface area contributed by atoms with Gasteiger partial charge in [-0.1, -0.05) is 6.92 Å². The summed E-state index contributed by atoms with van der Waals surface area (Å²) in [7, 11) is 0. The van der Waals surface area contributed by atoms with Gasteiger partial charge in [0.15, 0.2) is 0 Å². The number of fused-ring (bicyclic) bond motifs is 1. The van der Waals surface area contributed by atoms with Gasteiger partial charge in [-0.2, -0.15) is 0 Å². The number of rotatable bonds is 1. The monoisotopic (exact) mass is 241 g/mol. The Kier molecular flexibility index (Phi) is 2.82. The van der Waals surface area contributed by atoms with E-state index in [0.29, 0.717) is 0 Å². The van der Waals surface area contributed by atoms with Crippen molar-refractivity contribution in [3.05, 3.63) is 30.6 Å². The van der Waals surface area contributed by atoms with E-state index in [1.807, 2.05) is 18.5 Å². The summed E-state index contributed by atoms with van der Waals surface area (Å²) >= 11 is 0. The van der Waals surface area contributed by atoms with Gasteiger partial charge in [0, 0.05) is 47.6 Å². The minimum absolute atomic E-state index is 0.771. The minimum atomic E-state index is 0.771. The Bertz CT molecular complexity index is 565. The summed E-state index contributed by atoms with van der Waals surface area (Å²) in [5.41, 5.74) is 8.13. The van der Waals surface area contributed by atoms with Gasteiger partial charge in [-0.15, -0.1) is 0 Å². The zero-order valence-corrected chi connectivity index (χ0v) is 10.8. The second kappa shape index (κ2) is 4.48. The lowest BCUT2D eigenvalue weighted by Gasteiger charge is -2.33. The molecular formula is C15H19N3. The molecule has 3 heteroatoms. The van der Waals surface area contributed by atoms with Crippen LogP contribution in [-0.4, -0.2) is 18.1 Å². The summed E-state index contributed by atoms with van der Waals surface area (Å²) in [4.78, 5) is 6.66. The van der Waals surface area contributed by atoms with E-state index in [4.69, 9.17) is 5.73 Å². The summed E-state index contributed by atoms with van der Waals surface area (Å²) in [5.74, 6) is 0.771. The van der Waals surface area contributed by atoms with Crippen molar-refractivity contribution in [3.8, 4) is 0 Å². The van der Waals surface area contributed by atoms with Crippen LogP contribution in [0.25, 0.3) is 10.8 Å². The number of pyridine rings is 1. The Hall–Kier alpha value is -1.77. The third kappa shape index (κ3) is 1.90. The van der Waals surface area contributed by atoms with Gasteiger partial charge in [-0.25, -0.2) is 0 Å². The van der Waals surface area contributed by atoms with Crippen molar-refractivity contribution >= 4 is 22.1 Å². The van der Waals surface area contributed by atoms with Crippen molar-refractivity contribution in [2.75, 3.05) is 23.7 Å². The van der Waals surface area contributed by atoms with Crippen molar-refractivity contribution in [2.45, 2.75) is 19.8 Å². The lowest BCUT2D eigenvalue weighted by atomic mass is 9.98. The van der Waals surface area contributed by atoms with Gasteiger partial charge in [0.2, 0.25) is 0 Å².